The summed E-state index contributed by atoms with van der Waals surface area (Å²) in [6.07, 6.45) is 17.8. The highest BCUT2D eigenvalue weighted by atomic mass is 32.2. The van der Waals surface area contributed by atoms with Gasteiger partial charge in [-0.05, 0) is 92.0 Å². The molecule has 0 N–H and O–H groups in total. The summed E-state index contributed by atoms with van der Waals surface area (Å²) < 4.78 is 66.6. The van der Waals surface area contributed by atoms with Crippen molar-refractivity contribution < 1.29 is 26.0 Å². The van der Waals surface area contributed by atoms with Crippen molar-refractivity contribution in [2.75, 3.05) is 36.8 Å². The molecule has 8 nitrogen and oxygen atoms in total. The van der Waals surface area contributed by atoms with Gasteiger partial charge in [-0.25, -0.2) is 16.8 Å². The maximum atomic E-state index is 14.0. The molecule has 0 bridgehead atoms. The fraction of sp³-hybridized carbons (Fsp3) is 0.595. The number of hydrogen-bond acceptors (Lipinski definition) is 7. The molecule has 1 aromatic heterocycles. The zero-order valence-corrected chi connectivity index (χ0v) is 31.2. The highest BCUT2D eigenvalue weighted by Crippen LogP contribution is 2.36. The summed E-state index contributed by atoms with van der Waals surface area (Å²) in [6.45, 7) is 8.20. The van der Waals surface area contributed by atoms with Crippen molar-refractivity contribution in [3.63, 3.8) is 0 Å². The van der Waals surface area contributed by atoms with E-state index in [1.54, 1.807) is 21.7 Å². The third-order valence-corrected chi connectivity index (χ3v) is 13.5. The van der Waals surface area contributed by atoms with E-state index in [2.05, 4.69) is 47.6 Å². The maximum absolute atomic E-state index is 14.0. The number of benzene rings is 2. The van der Waals surface area contributed by atoms with Gasteiger partial charge in [0.05, 0.1) is 15.0 Å². The number of hydrogen-bond donors (Lipinski definition) is 0. The van der Waals surface area contributed by atoms with E-state index in [0.717, 1.165) is 92.5 Å². The molecule has 0 fully saturated rings. The second-order valence-electron chi connectivity index (χ2n) is 13.4. The molecule has 48 heavy (non-hydrogen) atoms. The molecular formula is C37H53N3O5S3. The minimum atomic E-state index is -4.27. The first-order chi connectivity index (χ1) is 23.1. The highest BCUT2D eigenvalue weighted by Gasteiger charge is 2.28. The van der Waals surface area contributed by atoms with Gasteiger partial charge in [0.1, 0.15) is 4.70 Å². The van der Waals surface area contributed by atoms with Crippen molar-refractivity contribution in [2.45, 2.75) is 115 Å². The van der Waals surface area contributed by atoms with Gasteiger partial charge in [0.15, 0.2) is 6.54 Å². The van der Waals surface area contributed by atoms with Crippen molar-refractivity contribution >= 4 is 59.5 Å². The van der Waals surface area contributed by atoms with Crippen molar-refractivity contribution in [1.29, 1.82) is 0 Å². The molecule has 0 saturated heterocycles. The lowest BCUT2D eigenvalue weighted by molar-refractivity contribution is -0.669. The lowest BCUT2D eigenvalue weighted by Crippen LogP contribution is -2.35. The van der Waals surface area contributed by atoms with Crippen LogP contribution < -0.4 is 9.47 Å². The Hall–Kier alpha value is -2.31. The Morgan fingerprint density at radius 2 is 1.48 bits per heavy atom. The second kappa shape index (κ2) is 17.1. The number of sulfonamides is 1. The average molecular weight is 716 g/mol. The Labute approximate surface area is 292 Å². The van der Waals surface area contributed by atoms with Gasteiger partial charge in [0.2, 0.25) is 15.5 Å². The third-order valence-electron chi connectivity index (χ3n) is 9.66. The van der Waals surface area contributed by atoms with Crippen LogP contribution in [0, 0.1) is 0 Å². The predicted molar refractivity (Wildman–Crippen MR) is 197 cm³/mol. The number of aromatic nitrogens is 1. The summed E-state index contributed by atoms with van der Waals surface area (Å²) in [6, 6.07) is 10.0. The van der Waals surface area contributed by atoms with Gasteiger partial charge < -0.3 is 9.45 Å². The molecule has 0 amide bonds. The first kappa shape index (κ1) is 37.0. The Kier molecular flexibility index (Phi) is 13.1. The van der Waals surface area contributed by atoms with Gasteiger partial charge in [0, 0.05) is 56.2 Å². The van der Waals surface area contributed by atoms with Crippen LogP contribution in [0.4, 0.5) is 5.69 Å². The zero-order valence-electron chi connectivity index (χ0n) is 28.8. The van der Waals surface area contributed by atoms with E-state index in [1.165, 1.54) is 35.2 Å². The molecule has 11 heteroatoms. The first-order valence-electron chi connectivity index (χ1n) is 18.1. The molecule has 0 spiro atoms. The van der Waals surface area contributed by atoms with E-state index in [-0.39, 0.29) is 12.2 Å². The maximum Gasteiger partial charge on any atom is 0.262 e. The van der Waals surface area contributed by atoms with Crippen LogP contribution in [-0.2, 0) is 39.5 Å². The predicted octanol–water partition coefficient (Wildman–Crippen LogP) is 7.53. The van der Waals surface area contributed by atoms with E-state index in [4.69, 9.17) is 0 Å². The minimum absolute atomic E-state index is 0.279. The van der Waals surface area contributed by atoms with Crippen LogP contribution in [0.1, 0.15) is 113 Å². The van der Waals surface area contributed by atoms with Gasteiger partial charge in [-0.3, -0.25) is 0 Å². The molecule has 2 aromatic carbocycles. The van der Waals surface area contributed by atoms with Crippen LogP contribution in [0.2, 0.25) is 0 Å². The lowest BCUT2D eigenvalue weighted by Gasteiger charge is -2.37. The monoisotopic (exact) mass is 715 g/mol. The lowest BCUT2D eigenvalue weighted by atomic mass is 9.90. The molecule has 2 aliphatic rings. The number of aryl methyl sites for hydroxylation is 3. The Bertz CT molecular complexity index is 1740. The minimum Gasteiger partial charge on any atom is -0.748 e. The van der Waals surface area contributed by atoms with E-state index in [9.17, 15) is 21.4 Å². The van der Waals surface area contributed by atoms with Crippen molar-refractivity contribution in [2.24, 2.45) is 0 Å². The molecule has 0 radical (unpaired) electrons. The summed E-state index contributed by atoms with van der Waals surface area (Å²) in [5.74, 6) is -0.384. The van der Waals surface area contributed by atoms with E-state index in [1.807, 2.05) is 12.1 Å². The third kappa shape index (κ3) is 9.47. The topological polar surface area (TPSA) is 102 Å². The smallest absolute Gasteiger partial charge is 0.262 e. The SMILES string of the molecule is CCCCCCN(CCCCCC)S(=O)(=O)c1ccc2c(c1)sc(C=Cc1cc3c4c(c1)CCCN4CCC3)[n+]2CCCCS(=O)(=O)[O-]. The van der Waals surface area contributed by atoms with Crippen LogP contribution in [-0.4, -0.2) is 57.6 Å². The van der Waals surface area contributed by atoms with Gasteiger partial charge in [-0.15, -0.1) is 0 Å². The summed E-state index contributed by atoms with van der Waals surface area (Å²) in [5.41, 5.74) is 6.36. The molecule has 0 atom stereocenters. The molecule has 0 saturated carbocycles. The van der Waals surface area contributed by atoms with Crippen molar-refractivity contribution in [3.05, 3.63) is 52.0 Å². The number of nitrogens with zero attached hydrogens (tertiary/aromatic N) is 3. The fourth-order valence-corrected chi connectivity index (χ4v) is 10.5. The average Bonchev–Trinajstić information content (AvgIpc) is 3.41. The van der Waals surface area contributed by atoms with Crippen LogP contribution in [0.5, 0.6) is 0 Å². The van der Waals surface area contributed by atoms with Crippen molar-refractivity contribution in [3.8, 4) is 0 Å². The van der Waals surface area contributed by atoms with Gasteiger partial charge in [0.25, 0.3) is 5.01 Å². The molecule has 264 valence electrons. The van der Waals surface area contributed by atoms with Crippen LogP contribution in [0.15, 0.2) is 35.2 Å². The first-order valence-corrected chi connectivity index (χ1v) is 21.9. The Balaban J connectivity index is 1.45. The molecule has 0 unspecified atom stereocenters. The molecule has 3 heterocycles. The van der Waals surface area contributed by atoms with E-state index in [0.29, 0.717) is 31.0 Å². The number of unbranched alkanes of at least 4 members (excludes halogenated alkanes) is 7. The summed E-state index contributed by atoms with van der Waals surface area (Å²) in [5, 5.41) is 0.966. The van der Waals surface area contributed by atoms with Crippen LogP contribution in [0.3, 0.4) is 0 Å². The number of anilines is 1. The van der Waals surface area contributed by atoms with E-state index >= 15 is 0 Å². The normalized spacial score (nSPS) is 15.2. The highest BCUT2D eigenvalue weighted by molar-refractivity contribution is 7.89. The summed E-state index contributed by atoms with van der Waals surface area (Å²) in [4.78, 5) is 2.86. The van der Waals surface area contributed by atoms with Crippen LogP contribution >= 0.6 is 11.3 Å². The number of rotatable bonds is 19. The Morgan fingerprint density at radius 3 is 2.08 bits per heavy atom. The quantitative estimate of drug-likeness (QED) is 0.0723. The summed E-state index contributed by atoms with van der Waals surface area (Å²) >= 11 is 1.55. The summed E-state index contributed by atoms with van der Waals surface area (Å²) in [7, 11) is -7.94. The van der Waals surface area contributed by atoms with E-state index < -0.39 is 20.1 Å². The molecule has 3 aromatic rings. The molecule has 5 rings (SSSR count). The second-order valence-corrected chi connectivity index (χ2v) is 18.0. The molecular weight excluding hydrogens is 663 g/mol. The zero-order chi connectivity index (χ0) is 34.1. The Morgan fingerprint density at radius 1 is 0.833 bits per heavy atom. The van der Waals surface area contributed by atoms with Gasteiger partial charge >= 0.3 is 0 Å². The van der Waals surface area contributed by atoms with Gasteiger partial charge in [-0.1, -0.05) is 63.7 Å². The number of fused-ring (bicyclic) bond motifs is 1. The van der Waals surface area contributed by atoms with Crippen LogP contribution in [0.25, 0.3) is 22.4 Å². The fourth-order valence-electron chi connectivity index (χ4n) is 7.17. The molecule has 2 aliphatic heterocycles. The van der Waals surface area contributed by atoms with Gasteiger partial charge in [-0.2, -0.15) is 8.87 Å². The van der Waals surface area contributed by atoms with Crippen molar-refractivity contribution in [1.82, 2.24) is 4.31 Å². The molecule has 0 aliphatic carbocycles. The standard InChI is InChI=1S/C37H53N3O5S3/c1-3-5-7-9-23-39(24-10-8-6-4-2)48(44,45)33-18-19-34-35(29-33)46-36(40(34)25-11-12-26-47(41,42)43)20-17-30-27-31-15-13-21-38-22-14-16-32(28-30)37(31)38/h17-20,27-29H,3-16,21-26H2,1-2H3. The largest absolute Gasteiger partial charge is 0.748 e. The number of thiazole rings is 1.